The molecule has 3 rings (SSSR count). The summed E-state index contributed by atoms with van der Waals surface area (Å²) in [6, 6.07) is 8.04. The Morgan fingerprint density at radius 1 is 1.23 bits per heavy atom. The van der Waals surface area contributed by atoms with Crippen LogP contribution in [0.2, 0.25) is 0 Å². The van der Waals surface area contributed by atoms with E-state index in [2.05, 4.69) is 20.6 Å². The minimum Gasteiger partial charge on any atom is -0.385 e. The summed E-state index contributed by atoms with van der Waals surface area (Å²) in [6.45, 7) is 6.84. The maximum Gasteiger partial charge on any atom is 0.343 e. The van der Waals surface area contributed by atoms with Gasteiger partial charge in [-0.15, -0.1) is 5.10 Å². The molecule has 0 atom stereocenters. The van der Waals surface area contributed by atoms with Gasteiger partial charge in [0.25, 0.3) is 0 Å². The summed E-state index contributed by atoms with van der Waals surface area (Å²) >= 11 is 1.21. The third-order valence-corrected chi connectivity index (χ3v) is 5.60. The van der Waals surface area contributed by atoms with Crippen LogP contribution in [-0.4, -0.2) is 49.9 Å². The summed E-state index contributed by atoms with van der Waals surface area (Å²) in [7, 11) is 1.61. The summed E-state index contributed by atoms with van der Waals surface area (Å²) in [5.74, 6) is -0.0584. The molecular formula is C20H26N6O3S. The topological polar surface area (TPSA) is 107 Å². The molecule has 0 spiro atoms. The molecule has 1 amide bonds. The zero-order valence-corrected chi connectivity index (χ0v) is 18.4. The number of amides is 1. The Labute approximate surface area is 178 Å². The van der Waals surface area contributed by atoms with E-state index in [1.807, 2.05) is 49.7 Å². The lowest BCUT2D eigenvalue weighted by Gasteiger charge is -2.08. The van der Waals surface area contributed by atoms with Crippen molar-refractivity contribution in [2.75, 3.05) is 24.8 Å². The van der Waals surface area contributed by atoms with E-state index in [4.69, 9.17) is 4.74 Å². The molecule has 0 fully saturated rings. The van der Waals surface area contributed by atoms with Crippen molar-refractivity contribution >= 4 is 23.4 Å². The van der Waals surface area contributed by atoms with Crippen molar-refractivity contribution in [2.45, 2.75) is 38.9 Å². The molecule has 10 heteroatoms. The number of hydrogen-bond acceptors (Lipinski definition) is 6. The number of benzene rings is 1. The number of thioether (sulfide) groups is 1. The van der Waals surface area contributed by atoms with Gasteiger partial charge in [-0.25, -0.2) is 14.6 Å². The first-order valence-electron chi connectivity index (χ1n) is 9.60. The van der Waals surface area contributed by atoms with Gasteiger partial charge in [-0.1, -0.05) is 29.5 Å². The van der Waals surface area contributed by atoms with Crippen LogP contribution in [0.4, 0.5) is 5.69 Å². The zero-order chi connectivity index (χ0) is 21.7. The summed E-state index contributed by atoms with van der Waals surface area (Å²) in [6.07, 6.45) is 0.687. The van der Waals surface area contributed by atoms with Gasteiger partial charge < -0.3 is 10.1 Å². The molecule has 0 saturated heterocycles. The fourth-order valence-electron chi connectivity index (χ4n) is 3.04. The lowest BCUT2D eigenvalue weighted by molar-refractivity contribution is -0.113. The highest BCUT2D eigenvalue weighted by atomic mass is 32.2. The van der Waals surface area contributed by atoms with E-state index in [1.165, 1.54) is 21.9 Å². The number of rotatable bonds is 9. The average molecular weight is 431 g/mol. The molecular weight excluding hydrogens is 404 g/mol. The number of aromatic nitrogens is 5. The van der Waals surface area contributed by atoms with Gasteiger partial charge in [-0.2, -0.15) is 5.10 Å². The molecule has 2 heterocycles. The number of carbonyl (C=O) groups excluding carboxylic acids is 1. The normalized spacial score (nSPS) is 11.1. The van der Waals surface area contributed by atoms with E-state index in [0.29, 0.717) is 30.4 Å². The number of aryl methyl sites for hydroxylation is 2. The van der Waals surface area contributed by atoms with E-state index in [-0.39, 0.29) is 17.3 Å². The van der Waals surface area contributed by atoms with Crippen molar-refractivity contribution in [3.05, 3.63) is 51.7 Å². The maximum absolute atomic E-state index is 12.5. The summed E-state index contributed by atoms with van der Waals surface area (Å²) in [5.41, 5.74) is 4.10. The van der Waals surface area contributed by atoms with Crippen molar-refractivity contribution in [1.29, 1.82) is 0 Å². The molecule has 2 aromatic heterocycles. The molecule has 1 aromatic carbocycles. The Hall–Kier alpha value is -2.85. The van der Waals surface area contributed by atoms with Gasteiger partial charge >= 0.3 is 5.69 Å². The predicted octanol–water partition coefficient (Wildman–Crippen LogP) is 2.45. The molecule has 0 saturated carbocycles. The highest BCUT2D eigenvalue weighted by Gasteiger charge is 2.17. The molecule has 3 aromatic rings. The van der Waals surface area contributed by atoms with Crippen LogP contribution < -0.4 is 11.0 Å². The van der Waals surface area contributed by atoms with Crippen molar-refractivity contribution in [1.82, 2.24) is 24.5 Å². The van der Waals surface area contributed by atoms with E-state index in [9.17, 15) is 9.59 Å². The number of H-pyrrole nitrogens is 1. The van der Waals surface area contributed by atoms with Gasteiger partial charge in [0.2, 0.25) is 5.91 Å². The van der Waals surface area contributed by atoms with Crippen LogP contribution in [0.1, 0.15) is 23.4 Å². The second-order valence-corrected chi connectivity index (χ2v) is 7.88. The smallest absolute Gasteiger partial charge is 0.343 e. The van der Waals surface area contributed by atoms with Gasteiger partial charge in [0.15, 0.2) is 5.16 Å². The monoisotopic (exact) mass is 430 g/mol. The van der Waals surface area contributed by atoms with Crippen molar-refractivity contribution < 1.29 is 9.53 Å². The van der Waals surface area contributed by atoms with E-state index >= 15 is 0 Å². The maximum atomic E-state index is 12.5. The van der Waals surface area contributed by atoms with E-state index in [1.54, 1.807) is 7.11 Å². The number of anilines is 1. The number of methoxy groups -OCH3 is 1. The number of carbonyl (C=O) groups is 1. The summed E-state index contributed by atoms with van der Waals surface area (Å²) in [4.78, 5) is 24.4. The first-order valence-corrected chi connectivity index (χ1v) is 10.6. The lowest BCUT2D eigenvalue weighted by Crippen LogP contribution is -2.19. The molecule has 0 aliphatic carbocycles. The lowest BCUT2D eigenvalue weighted by atomic mass is 10.2. The standard InChI is InChI=1S/C20H26N6O3S/c1-13-6-8-16(9-7-13)26-15(3)18(14(2)24-26)21-17(27)12-30-20-23-22-19(28)25(20)10-5-11-29-4/h6-9H,5,10-12H2,1-4H3,(H,21,27)(H,22,28). The second kappa shape index (κ2) is 9.77. The van der Waals surface area contributed by atoms with Gasteiger partial charge in [0, 0.05) is 20.3 Å². The zero-order valence-electron chi connectivity index (χ0n) is 17.6. The van der Waals surface area contributed by atoms with Gasteiger partial charge in [0.05, 0.1) is 28.5 Å². The molecule has 0 radical (unpaired) electrons. The van der Waals surface area contributed by atoms with Crippen LogP contribution in [-0.2, 0) is 16.1 Å². The predicted molar refractivity (Wildman–Crippen MR) is 116 cm³/mol. The Morgan fingerprint density at radius 2 is 1.97 bits per heavy atom. The quantitative estimate of drug-likeness (QED) is 0.399. The Kier molecular flexibility index (Phi) is 7.11. The number of nitrogens with one attached hydrogen (secondary N) is 2. The second-order valence-electron chi connectivity index (χ2n) is 6.94. The van der Waals surface area contributed by atoms with E-state index in [0.717, 1.165) is 17.1 Å². The first kappa shape index (κ1) is 21.8. The molecule has 0 aliphatic heterocycles. The van der Waals surface area contributed by atoms with Crippen LogP contribution in [0.5, 0.6) is 0 Å². The van der Waals surface area contributed by atoms with Crippen LogP contribution >= 0.6 is 11.8 Å². The van der Waals surface area contributed by atoms with Crippen molar-refractivity contribution in [3.8, 4) is 5.69 Å². The fourth-order valence-corrected chi connectivity index (χ4v) is 3.82. The Balaban J connectivity index is 1.66. The van der Waals surface area contributed by atoms with Crippen LogP contribution in [0.3, 0.4) is 0 Å². The number of nitrogens with zero attached hydrogens (tertiary/aromatic N) is 4. The van der Waals surface area contributed by atoms with Crippen molar-refractivity contribution in [3.63, 3.8) is 0 Å². The molecule has 30 heavy (non-hydrogen) atoms. The highest BCUT2D eigenvalue weighted by molar-refractivity contribution is 7.99. The average Bonchev–Trinajstić information content (AvgIpc) is 3.21. The Morgan fingerprint density at radius 3 is 2.67 bits per heavy atom. The molecule has 9 nitrogen and oxygen atoms in total. The first-order chi connectivity index (χ1) is 14.4. The molecule has 0 unspecified atom stereocenters. The third kappa shape index (κ3) is 5.00. The van der Waals surface area contributed by atoms with Gasteiger partial charge in [-0.05, 0) is 39.3 Å². The van der Waals surface area contributed by atoms with E-state index < -0.39 is 0 Å². The number of ether oxygens (including phenoxy) is 1. The molecule has 0 aliphatic rings. The van der Waals surface area contributed by atoms with Crippen molar-refractivity contribution in [2.24, 2.45) is 0 Å². The molecule has 0 bridgehead atoms. The summed E-state index contributed by atoms with van der Waals surface area (Å²) < 4.78 is 8.36. The van der Waals surface area contributed by atoms with Gasteiger partial charge in [0.1, 0.15) is 0 Å². The van der Waals surface area contributed by atoms with Crippen LogP contribution in [0.15, 0.2) is 34.2 Å². The number of aromatic amines is 1. The largest absolute Gasteiger partial charge is 0.385 e. The highest BCUT2D eigenvalue weighted by Crippen LogP contribution is 2.24. The minimum absolute atomic E-state index is 0.128. The van der Waals surface area contributed by atoms with Crippen LogP contribution in [0, 0.1) is 20.8 Å². The SMILES string of the molecule is COCCCn1c(SCC(=O)Nc2c(C)nn(-c3ccc(C)cc3)c2C)n[nH]c1=O. The molecule has 2 N–H and O–H groups in total. The third-order valence-electron chi connectivity index (χ3n) is 4.62. The summed E-state index contributed by atoms with van der Waals surface area (Å²) in [5, 5.41) is 14.4. The fraction of sp³-hybridized carbons (Fsp3) is 0.400. The Bertz CT molecular complexity index is 1070. The van der Waals surface area contributed by atoms with Gasteiger partial charge in [-0.3, -0.25) is 9.36 Å². The number of hydrogen-bond donors (Lipinski definition) is 2. The molecule has 160 valence electrons. The van der Waals surface area contributed by atoms with Crippen LogP contribution in [0.25, 0.3) is 5.69 Å². The minimum atomic E-state index is -0.292.